The fourth-order valence-electron chi connectivity index (χ4n) is 1.22. The number of carboxylic acids is 1. The number of hydrogen-bond acceptors (Lipinski definition) is 5. The number of carboxylic acid groups (broad SMARTS) is 1. The second kappa shape index (κ2) is 13.7. The molecule has 0 saturated carbocycles. The fourth-order valence-corrected chi connectivity index (χ4v) is 1.22. The smallest absolute Gasteiger partial charge is 0.320 e. The Hall–Kier alpha value is -0.690. The number of nitrogens with one attached hydrogen (secondary N) is 1. The van der Waals surface area contributed by atoms with E-state index in [2.05, 4.69) is 12.2 Å². The van der Waals surface area contributed by atoms with Crippen molar-refractivity contribution in [3.63, 3.8) is 0 Å². The Bertz CT molecular complexity index is 213. The molecule has 1 atom stereocenters. The first-order chi connectivity index (χ1) is 9.18. The van der Waals surface area contributed by atoms with Gasteiger partial charge in [-0.1, -0.05) is 13.3 Å². The highest BCUT2D eigenvalue weighted by molar-refractivity contribution is 5.72. The van der Waals surface area contributed by atoms with Gasteiger partial charge in [0.2, 0.25) is 0 Å². The molecule has 0 amide bonds. The van der Waals surface area contributed by atoms with Gasteiger partial charge in [0.15, 0.2) is 0 Å². The first-order valence-electron chi connectivity index (χ1n) is 6.88. The SMILES string of the molecule is CCCCOCCOCCOCCNC(C)C(=O)O. The quantitative estimate of drug-likeness (QED) is 0.459. The van der Waals surface area contributed by atoms with Crippen molar-refractivity contribution in [3.8, 4) is 0 Å². The molecule has 6 nitrogen and oxygen atoms in total. The average molecular weight is 277 g/mol. The minimum absolute atomic E-state index is 0.480. The molecule has 0 aliphatic heterocycles. The Labute approximate surface area is 115 Å². The van der Waals surface area contributed by atoms with Crippen molar-refractivity contribution >= 4 is 5.97 Å². The van der Waals surface area contributed by atoms with E-state index in [1.165, 1.54) is 0 Å². The van der Waals surface area contributed by atoms with Gasteiger partial charge >= 0.3 is 5.97 Å². The molecule has 6 heteroatoms. The number of ether oxygens (including phenoxy) is 3. The van der Waals surface area contributed by atoms with Gasteiger partial charge in [0.05, 0.1) is 33.0 Å². The summed E-state index contributed by atoms with van der Waals surface area (Å²) in [7, 11) is 0. The molecule has 0 aromatic carbocycles. The topological polar surface area (TPSA) is 77.0 Å². The summed E-state index contributed by atoms with van der Waals surface area (Å²) in [6.07, 6.45) is 2.23. The van der Waals surface area contributed by atoms with Crippen molar-refractivity contribution in [2.75, 3.05) is 46.2 Å². The molecule has 1 unspecified atom stereocenters. The lowest BCUT2D eigenvalue weighted by Gasteiger charge is -2.09. The Balaban J connectivity index is 3.05. The molecule has 0 rings (SSSR count). The van der Waals surface area contributed by atoms with Crippen LogP contribution < -0.4 is 5.32 Å². The highest BCUT2D eigenvalue weighted by Crippen LogP contribution is 1.88. The summed E-state index contributed by atoms with van der Waals surface area (Å²) in [5.74, 6) is -0.855. The average Bonchev–Trinajstić information content (AvgIpc) is 2.39. The Morgan fingerprint density at radius 1 is 1.05 bits per heavy atom. The van der Waals surface area contributed by atoms with Crippen LogP contribution in [0.1, 0.15) is 26.7 Å². The number of aliphatic carboxylic acids is 1. The maximum atomic E-state index is 10.5. The number of unbranched alkanes of at least 4 members (excludes halogenated alkanes) is 1. The van der Waals surface area contributed by atoms with Crippen LogP contribution in [0.25, 0.3) is 0 Å². The monoisotopic (exact) mass is 277 g/mol. The lowest BCUT2D eigenvalue weighted by molar-refractivity contribution is -0.139. The van der Waals surface area contributed by atoms with Crippen LogP contribution in [0.3, 0.4) is 0 Å². The van der Waals surface area contributed by atoms with Crippen LogP contribution in [0.4, 0.5) is 0 Å². The Kier molecular flexibility index (Phi) is 13.2. The molecule has 0 bridgehead atoms. The van der Waals surface area contributed by atoms with Gasteiger partial charge in [-0.25, -0.2) is 0 Å². The second-order valence-electron chi connectivity index (χ2n) is 4.20. The third kappa shape index (κ3) is 13.5. The van der Waals surface area contributed by atoms with E-state index in [1.54, 1.807) is 6.92 Å². The molecule has 0 saturated heterocycles. The summed E-state index contributed by atoms with van der Waals surface area (Å²) >= 11 is 0. The van der Waals surface area contributed by atoms with Gasteiger partial charge in [-0.3, -0.25) is 4.79 Å². The second-order valence-corrected chi connectivity index (χ2v) is 4.20. The van der Waals surface area contributed by atoms with Gasteiger partial charge in [-0.2, -0.15) is 0 Å². The van der Waals surface area contributed by atoms with Crippen molar-refractivity contribution in [2.24, 2.45) is 0 Å². The van der Waals surface area contributed by atoms with Gasteiger partial charge in [-0.15, -0.1) is 0 Å². The van der Waals surface area contributed by atoms with E-state index < -0.39 is 12.0 Å². The molecule has 0 heterocycles. The summed E-state index contributed by atoms with van der Waals surface area (Å²) in [6, 6.07) is -0.542. The molecule has 0 aliphatic carbocycles. The van der Waals surface area contributed by atoms with E-state index in [0.717, 1.165) is 19.4 Å². The van der Waals surface area contributed by atoms with Gasteiger partial charge < -0.3 is 24.6 Å². The van der Waals surface area contributed by atoms with Crippen LogP contribution in [0.2, 0.25) is 0 Å². The van der Waals surface area contributed by atoms with Crippen LogP contribution in [-0.4, -0.2) is 63.3 Å². The Morgan fingerprint density at radius 2 is 1.58 bits per heavy atom. The summed E-state index contributed by atoms with van der Waals surface area (Å²) < 4.78 is 15.9. The fraction of sp³-hybridized carbons (Fsp3) is 0.923. The molecule has 19 heavy (non-hydrogen) atoms. The van der Waals surface area contributed by atoms with E-state index >= 15 is 0 Å². The normalized spacial score (nSPS) is 12.5. The van der Waals surface area contributed by atoms with E-state index in [1.807, 2.05) is 0 Å². The lowest BCUT2D eigenvalue weighted by atomic mass is 10.3. The van der Waals surface area contributed by atoms with Gasteiger partial charge in [0.25, 0.3) is 0 Å². The molecular weight excluding hydrogens is 250 g/mol. The van der Waals surface area contributed by atoms with Gasteiger partial charge in [0, 0.05) is 13.2 Å². The molecule has 0 spiro atoms. The number of hydrogen-bond donors (Lipinski definition) is 2. The number of carbonyl (C=O) groups is 1. The molecule has 114 valence electrons. The van der Waals surface area contributed by atoms with Crippen molar-refractivity contribution in [1.29, 1.82) is 0 Å². The van der Waals surface area contributed by atoms with E-state index in [4.69, 9.17) is 19.3 Å². The highest BCUT2D eigenvalue weighted by Gasteiger charge is 2.07. The van der Waals surface area contributed by atoms with Crippen molar-refractivity contribution in [1.82, 2.24) is 5.32 Å². The van der Waals surface area contributed by atoms with Crippen LogP contribution in [0, 0.1) is 0 Å². The molecule has 0 fully saturated rings. The van der Waals surface area contributed by atoms with Crippen LogP contribution in [-0.2, 0) is 19.0 Å². The largest absolute Gasteiger partial charge is 0.480 e. The van der Waals surface area contributed by atoms with Crippen molar-refractivity contribution < 1.29 is 24.1 Å². The molecular formula is C13H27NO5. The molecule has 2 N–H and O–H groups in total. The Morgan fingerprint density at radius 3 is 2.11 bits per heavy atom. The van der Waals surface area contributed by atoms with Crippen LogP contribution >= 0.6 is 0 Å². The zero-order valence-corrected chi connectivity index (χ0v) is 12.0. The van der Waals surface area contributed by atoms with Crippen molar-refractivity contribution in [2.45, 2.75) is 32.7 Å². The lowest BCUT2D eigenvalue weighted by Crippen LogP contribution is -2.36. The summed E-state index contributed by atoms with van der Waals surface area (Å²) in [5.41, 5.74) is 0. The standard InChI is InChI=1S/C13H27NO5/c1-3-4-6-17-8-10-19-11-9-18-7-5-14-12(2)13(15)16/h12,14H,3-11H2,1-2H3,(H,15,16). The van der Waals surface area contributed by atoms with Crippen LogP contribution in [0.5, 0.6) is 0 Å². The van der Waals surface area contributed by atoms with Crippen molar-refractivity contribution in [3.05, 3.63) is 0 Å². The third-order valence-corrected chi connectivity index (χ3v) is 2.45. The number of rotatable bonds is 14. The molecule has 0 aliphatic rings. The predicted molar refractivity (Wildman–Crippen MR) is 72.5 cm³/mol. The maximum absolute atomic E-state index is 10.5. The van der Waals surface area contributed by atoms with Crippen LogP contribution in [0.15, 0.2) is 0 Å². The zero-order valence-electron chi connectivity index (χ0n) is 12.0. The predicted octanol–water partition coefficient (Wildman–Crippen LogP) is 0.899. The zero-order chi connectivity index (χ0) is 14.3. The van der Waals surface area contributed by atoms with E-state index in [0.29, 0.717) is 39.6 Å². The third-order valence-electron chi connectivity index (χ3n) is 2.45. The van der Waals surface area contributed by atoms with E-state index in [9.17, 15) is 4.79 Å². The first-order valence-corrected chi connectivity index (χ1v) is 6.88. The van der Waals surface area contributed by atoms with Gasteiger partial charge in [-0.05, 0) is 13.3 Å². The molecule has 0 radical (unpaired) electrons. The molecule has 0 aromatic heterocycles. The first kappa shape index (κ1) is 18.3. The van der Waals surface area contributed by atoms with E-state index in [-0.39, 0.29) is 0 Å². The van der Waals surface area contributed by atoms with Gasteiger partial charge in [0.1, 0.15) is 6.04 Å². The maximum Gasteiger partial charge on any atom is 0.320 e. The summed E-state index contributed by atoms with van der Waals surface area (Å²) in [6.45, 7) is 7.78. The highest BCUT2D eigenvalue weighted by atomic mass is 16.5. The summed E-state index contributed by atoms with van der Waals surface area (Å²) in [4.78, 5) is 10.5. The molecule has 0 aromatic rings. The minimum Gasteiger partial charge on any atom is -0.480 e. The summed E-state index contributed by atoms with van der Waals surface area (Å²) in [5, 5.41) is 11.5. The minimum atomic E-state index is -0.855.